The van der Waals surface area contributed by atoms with E-state index in [4.69, 9.17) is 5.84 Å². The number of nitrogens with zero attached hydrogens (tertiary/aromatic N) is 2. The molecule has 0 saturated carbocycles. The monoisotopic (exact) mass is 291 g/mol. The maximum atomic E-state index is 12.2. The third kappa shape index (κ3) is 3.12. The Bertz CT molecular complexity index is 625. The summed E-state index contributed by atoms with van der Waals surface area (Å²) in [6.45, 7) is 5.85. The van der Waals surface area contributed by atoms with Gasteiger partial charge in [-0.2, -0.15) is 0 Å². The second-order valence-corrected chi connectivity index (χ2v) is 5.69. The number of pyridine rings is 1. The third-order valence-electron chi connectivity index (χ3n) is 2.85. The molecule has 0 fully saturated rings. The highest BCUT2D eigenvalue weighted by molar-refractivity contribution is 7.11. The zero-order valence-corrected chi connectivity index (χ0v) is 12.4. The lowest BCUT2D eigenvalue weighted by molar-refractivity contribution is 0.0940. The van der Waals surface area contributed by atoms with Crippen molar-refractivity contribution in [2.45, 2.75) is 26.8 Å². The Morgan fingerprint density at radius 1 is 1.45 bits per heavy atom. The van der Waals surface area contributed by atoms with Gasteiger partial charge in [0.15, 0.2) is 0 Å². The molecule has 1 amide bonds. The average Bonchev–Trinajstić information content (AvgIpc) is 2.77. The molecule has 0 aromatic carbocycles. The van der Waals surface area contributed by atoms with E-state index >= 15 is 0 Å². The minimum absolute atomic E-state index is 0.0869. The molecule has 1 unspecified atom stereocenters. The number of hydrogen-bond donors (Lipinski definition) is 3. The van der Waals surface area contributed by atoms with Crippen molar-refractivity contribution >= 4 is 23.1 Å². The zero-order chi connectivity index (χ0) is 14.7. The summed E-state index contributed by atoms with van der Waals surface area (Å²) in [5.74, 6) is 5.57. The number of nitrogens with two attached hydrogens (primary N) is 1. The summed E-state index contributed by atoms with van der Waals surface area (Å²) in [6.07, 6.45) is 1.54. The Hall–Kier alpha value is -1.99. The summed E-state index contributed by atoms with van der Waals surface area (Å²) in [5, 5.41) is 3.95. The molecule has 2 aromatic heterocycles. The van der Waals surface area contributed by atoms with E-state index in [0.717, 1.165) is 15.6 Å². The summed E-state index contributed by atoms with van der Waals surface area (Å²) in [7, 11) is 0. The van der Waals surface area contributed by atoms with Crippen molar-refractivity contribution in [2.24, 2.45) is 5.84 Å². The number of rotatable bonds is 4. The largest absolute Gasteiger partial charge is 0.345 e. The van der Waals surface area contributed by atoms with Crippen LogP contribution in [0.15, 0.2) is 18.3 Å². The van der Waals surface area contributed by atoms with Gasteiger partial charge in [-0.1, -0.05) is 0 Å². The van der Waals surface area contributed by atoms with E-state index in [1.165, 1.54) is 6.20 Å². The second-order valence-electron chi connectivity index (χ2n) is 4.45. The molecule has 106 valence electrons. The molecule has 4 N–H and O–H groups in total. The van der Waals surface area contributed by atoms with Crippen molar-refractivity contribution in [3.63, 3.8) is 0 Å². The van der Waals surface area contributed by atoms with Gasteiger partial charge in [0, 0.05) is 16.6 Å². The number of anilines is 1. The first kappa shape index (κ1) is 14.4. The molecule has 0 aliphatic rings. The quantitative estimate of drug-likeness (QED) is 0.591. The van der Waals surface area contributed by atoms with Crippen LogP contribution in [0.5, 0.6) is 0 Å². The van der Waals surface area contributed by atoms with Crippen LogP contribution in [0.25, 0.3) is 0 Å². The fourth-order valence-corrected chi connectivity index (χ4v) is 2.87. The summed E-state index contributed by atoms with van der Waals surface area (Å²) in [6, 6.07) is 3.16. The van der Waals surface area contributed by atoms with Crippen LogP contribution in [0.3, 0.4) is 0 Å². The summed E-state index contributed by atoms with van der Waals surface area (Å²) >= 11 is 1.60. The fraction of sp³-hybridized carbons (Fsp3) is 0.308. The van der Waals surface area contributed by atoms with Crippen LogP contribution in [0, 0.1) is 13.8 Å². The molecule has 1 atom stereocenters. The van der Waals surface area contributed by atoms with Gasteiger partial charge < -0.3 is 10.7 Å². The predicted molar refractivity (Wildman–Crippen MR) is 79.5 cm³/mol. The molecule has 7 heteroatoms. The van der Waals surface area contributed by atoms with Crippen LogP contribution in [-0.4, -0.2) is 15.9 Å². The lowest BCUT2D eigenvalue weighted by Gasteiger charge is -2.13. The molecule has 6 nitrogen and oxygen atoms in total. The Balaban J connectivity index is 2.12. The molecule has 0 aliphatic carbocycles. The highest BCUT2D eigenvalue weighted by atomic mass is 32.1. The summed E-state index contributed by atoms with van der Waals surface area (Å²) < 4.78 is 0. The molecular weight excluding hydrogens is 274 g/mol. The number of hydrazine groups is 1. The predicted octanol–water partition coefficient (Wildman–Crippen LogP) is 1.93. The number of hydrogen-bond acceptors (Lipinski definition) is 6. The van der Waals surface area contributed by atoms with E-state index < -0.39 is 0 Å². The van der Waals surface area contributed by atoms with Gasteiger partial charge >= 0.3 is 0 Å². The SMILES string of the molecule is Cc1nc(C)c(C(C)NC(=O)c2ccnc(NN)c2)s1. The summed E-state index contributed by atoms with van der Waals surface area (Å²) in [4.78, 5) is 21.6. The number of nitrogen functional groups attached to an aromatic ring is 1. The minimum Gasteiger partial charge on any atom is -0.345 e. The standard InChI is InChI=1S/C13H17N5OS/c1-7-12(20-9(3)16-7)8(2)17-13(19)10-4-5-15-11(6-10)18-14/h4-6,8H,14H2,1-3H3,(H,15,18)(H,17,19). The van der Waals surface area contributed by atoms with Gasteiger partial charge in [-0.25, -0.2) is 15.8 Å². The van der Waals surface area contributed by atoms with Gasteiger partial charge in [0.25, 0.3) is 5.91 Å². The van der Waals surface area contributed by atoms with E-state index in [2.05, 4.69) is 20.7 Å². The molecule has 0 spiro atoms. The second kappa shape index (κ2) is 5.98. The van der Waals surface area contributed by atoms with Gasteiger partial charge in [-0.15, -0.1) is 11.3 Å². The first-order valence-electron chi connectivity index (χ1n) is 6.18. The van der Waals surface area contributed by atoms with Crippen molar-refractivity contribution in [1.29, 1.82) is 0 Å². The van der Waals surface area contributed by atoms with Crippen molar-refractivity contribution < 1.29 is 4.79 Å². The van der Waals surface area contributed by atoms with Crippen LogP contribution in [-0.2, 0) is 0 Å². The molecule has 0 aliphatic heterocycles. The zero-order valence-electron chi connectivity index (χ0n) is 11.6. The van der Waals surface area contributed by atoms with Gasteiger partial charge in [-0.3, -0.25) is 4.79 Å². The van der Waals surface area contributed by atoms with Gasteiger partial charge in [0.2, 0.25) is 0 Å². The highest BCUT2D eigenvalue weighted by Gasteiger charge is 2.16. The van der Waals surface area contributed by atoms with Gasteiger partial charge in [0.1, 0.15) is 5.82 Å². The highest BCUT2D eigenvalue weighted by Crippen LogP contribution is 2.24. The first-order chi connectivity index (χ1) is 9.51. The van der Waals surface area contributed by atoms with E-state index in [1.54, 1.807) is 23.5 Å². The fourth-order valence-electron chi connectivity index (χ4n) is 1.95. The number of amides is 1. The third-order valence-corrected chi connectivity index (χ3v) is 4.11. The number of thiazole rings is 1. The number of nitrogens with one attached hydrogen (secondary N) is 2. The molecule has 0 bridgehead atoms. The maximum absolute atomic E-state index is 12.2. The molecule has 2 rings (SSSR count). The van der Waals surface area contributed by atoms with Crippen LogP contribution in [0.2, 0.25) is 0 Å². The molecule has 2 aromatic rings. The van der Waals surface area contributed by atoms with Crippen LogP contribution >= 0.6 is 11.3 Å². The molecule has 0 radical (unpaired) electrons. The Morgan fingerprint density at radius 3 is 2.80 bits per heavy atom. The average molecular weight is 291 g/mol. The number of aromatic nitrogens is 2. The van der Waals surface area contributed by atoms with Crippen LogP contribution in [0.4, 0.5) is 5.82 Å². The smallest absolute Gasteiger partial charge is 0.251 e. The lowest BCUT2D eigenvalue weighted by atomic mass is 10.2. The molecule has 2 heterocycles. The van der Waals surface area contributed by atoms with E-state index in [1.807, 2.05) is 20.8 Å². The molecule has 0 saturated heterocycles. The van der Waals surface area contributed by atoms with Crippen molar-refractivity contribution in [3.05, 3.63) is 39.5 Å². The number of carbonyl (C=O) groups excluding carboxylic acids is 1. The normalized spacial score (nSPS) is 12.0. The van der Waals surface area contributed by atoms with Crippen molar-refractivity contribution in [3.8, 4) is 0 Å². The first-order valence-corrected chi connectivity index (χ1v) is 7.00. The van der Waals surface area contributed by atoms with Gasteiger partial charge in [-0.05, 0) is 32.9 Å². The Morgan fingerprint density at radius 2 is 2.20 bits per heavy atom. The Labute approximate surface area is 121 Å². The van der Waals surface area contributed by atoms with Crippen LogP contribution in [0.1, 0.15) is 38.9 Å². The summed E-state index contributed by atoms with van der Waals surface area (Å²) in [5.41, 5.74) is 3.89. The lowest BCUT2D eigenvalue weighted by Crippen LogP contribution is -2.26. The van der Waals surface area contributed by atoms with E-state index in [-0.39, 0.29) is 11.9 Å². The van der Waals surface area contributed by atoms with E-state index in [9.17, 15) is 4.79 Å². The van der Waals surface area contributed by atoms with Crippen LogP contribution < -0.4 is 16.6 Å². The van der Waals surface area contributed by atoms with Crippen molar-refractivity contribution in [2.75, 3.05) is 5.43 Å². The molecular formula is C13H17N5OS. The van der Waals surface area contributed by atoms with E-state index in [0.29, 0.717) is 11.4 Å². The number of aryl methyl sites for hydroxylation is 2. The topological polar surface area (TPSA) is 92.9 Å². The van der Waals surface area contributed by atoms with Crippen molar-refractivity contribution in [1.82, 2.24) is 15.3 Å². The Kier molecular flexibility index (Phi) is 4.31. The molecule has 20 heavy (non-hydrogen) atoms. The van der Waals surface area contributed by atoms with Gasteiger partial charge in [0.05, 0.1) is 16.7 Å². The minimum atomic E-state index is -0.165. The maximum Gasteiger partial charge on any atom is 0.251 e. The number of carbonyl (C=O) groups is 1.